The second-order valence-electron chi connectivity index (χ2n) is 5.15. The highest BCUT2D eigenvalue weighted by Crippen LogP contribution is 1.99. The first-order valence-electron chi connectivity index (χ1n) is 6.31. The Kier molecular flexibility index (Phi) is 9.99. The molecular weight excluding hydrogens is 244 g/mol. The van der Waals surface area contributed by atoms with E-state index in [2.05, 4.69) is 31.1 Å². The molecule has 0 fully saturated rings. The molecule has 3 nitrogen and oxygen atoms in total. The molecule has 0 saturated carbocycles. The number of ether oxygens (including phenoxy) is 3. The fourth-order valence-corrected chi connectivity index (χ4v) is 1.53. The summed E-state index contributed by atoms with van der Waals surface area (Å²) in [5.41, 5.74) is 3.28. The van der Waals surface area contributed by atoms with Crippen LogP contribution in [-0.4, -0.2) is 41.3 Å². The molecule has 104 valence electrons. The molecular formula is C14H26O3Si. The lowest BCUT2D eigenvalue weighted by atomic mass is 10.3. The van der Waals surface area contributed by atoms with Crippen LogP contribution in [0.1, 0.15) is 13.3 Å². The van der Waals surface area contributed by atoms with Gasteiger partial charge in [-0.15, -0.1) is 5.54 Å². The minimum atomic E-state index is -1.24. The van der Waals surface area contributed by atoms with Gasteiger partial charge < -0.3 is 14.2 Å². The van der Waals surface area contributed by atoms with Crippen molar-refractivity contribution in [3.63, 3.8) is 0 Å². The Balaban J connectivity index is 3.60. The van der Waals surface area contributed by atoms with Crippen molar-refractivity contribution in [2.24, 2.45) is 0 Å². The zero-order valence-corrected chi connectivity index (χ0v) is 13.3. The number of hydrogen-bond acceptors (Lipinski definition) is 3. The Hall–Kier alpha value is -0.603. The Morgan fingerprint density at radius 1 is 1.22 bits per heavy atom. The predicted molar refractivity (Wildman–Crippen MR) is 78.1 cm³/mol. The molecule has 4 heteroatoms. The summed E-state index contributed by atoms with van der Waals surface area (Å²) in [7, 11) is 0.408. The van der Waals surface area contributed by atoms with Crippen LogP contribution in [0.15, 0.2) is 12.2 Å². The van der Waals surface area contributed by atoms with E-state index >= 15 is 0 Å². The lowest BCUT2D eigenvalue weighted by Gasteiger charge is -2.10. The van der Waals surface area contributed by atoms with E-state index in [4.69, 9.17) is 14.2 Å². The standard InChI is InChI=1S/C14H26O3Si/c1-14(17-13-16-11-10-15-2)9-7-6-8-12-18(3,4)5/h6-7,14H,9-11,13H2,1-5H3/b7-6+. The van der Waals surface area contributed by atoms with E-state index in [1.807, 2.05) is 19.1 Å². The van der Waals surface area contributed by atoms with Crippen molar-refractivity contribution in [3.05, 3.63) is 12.2 Å². The van der Waals surface area contributed by atoms with E-state index in [1.54, 1.807) is 7.11 Å². The number of methoxy groups -OCH3 is 1. The largest absolute Gasteiger partial charge is 0.382 e. The van der Waals surface area contributed by atoms with Gasteiger partial charge in [-0.1, -0.05) is 31.6 Å². The average Bonchev–Trinajstić information content (AvgIpc) is 2.27. The highest BCUT2D eigenvalue weighted by Gasteiger charge is 2.06. The van der Waals surface area contributed by atoms with Crippen LogP contribution in [0.3, 0.4) is 0 Å². The monoisotopic (exact) mass is 270 g/mol. The fourth-order valence-electron chi connectivity index (χ4n) is 1.01. The summed E-state index contributed by atoms with van der Waals surface area (Å²) < 4.78 is 15.6. The third-order valence-electron chi connectivity index (χ3n) is 1.98. The van der Waals surface area contributed by atoms with Crippen LogP contribution in [-0.2, 0) is 14.2 Å². The van der Waals surface area contributed by atoms with Crippen LogP contribution in [0.4, 0.5) is 0 Å². The SMILES string of the molecule is COCCOCOC(C)C/C=C/C#C[Si](C)(C)C. The lowest BCUT2D eigenvalue weighted by Crippen LogP contribution is -2.16. The molecule has 0 rings (SSSR count). The topological polar surface area (TPSA) is 27.7 Å². The van der Waals surface area contributed by atoms with E-state index in [0.717, 1.165) is 6.42 Å². The molecule has 0 heterocycles. The van der Waals surface area contributed by atoms with Gasteiger partial charge in [-0.3, -0.25) is 0 Å². The normalized spacial score (nSPS) is 13.4. The average molecular weight is 270 g/mol. The van der Waals surface area contributed by atoms with Gasteiger partial charge in [0.2, 0.25) is 0 Å². The van der Waals surface area contributed by atoms with Gasteiger partial charge in [0.15, 0.2) is 0 Å². The molecule has 0 aromatic rings. The van der Waals surface area contributed by atoms with E-state index in [9.17, 15) is 0 Å². The first-order chi connectivity index (χ1) is 8.45. The van der Waals surface area contributed by atoms with Crippen LogP contribution >= 0.6 is 0 Å². The molecule has 0 aromatic carbocycles. The van der Waals surface area contributed by atoms with Crippen LogP contribution in [0.25, 0.3) is 0 Å². The van der Waals surface area contributed by atoms with Crippen LogP contribution in [0.5, 0.6) is 0 Å². The molecule has 0 aliphatic rings. The molecule has 0 aliphatic carbocycles. The molecule has 0 radical (unpaired) electrons. The van der Waals surface area contributed by atoms with Crippen LogP contribution in [0.2, 0.25) is 19.6 Å². The minimum absolute atomic E-state index is 0.150. The molecule has 0 aromatic heterocycles. The summed E-state index contributed by atoms with van der Waals surface area (Å²) in [4.78, 5) is 0. The number of allylic oxidation sites excluding steroid dienone is 1. The first kappa shape index (κ1) is 17.4. The zero-order chi connectivity index (χ0) is 13.9. The summed E-state index contributed by atoms with van der Waals surface area (Å²) in [5.74, 6) is 3.09. The van der Waals surface area contributed by atoms with E-state index < -0.39 is 8.07 Å². The Labute approximate surface area is 113 Å². The summed E-state index contributed by atoms with van der Waals surface area (Å²) in [6.45, 7) is 10.2. The van der Waals surface area contributed by atoms with Crippen molar-refractivity contribution in [1.29, 1.82) is 0 Å². The first-order valence-corrected chi connectivity index (χ1v) is 9.81. The summed E-state index contributed by atoms with van der Waals surface area (Å²) in [6.07, 6.45) is 4.97. The van der Waals surface area contributed by atoms with Crippen molar-refractivity contribution in [3.8, 4) is 11.5 Å². The molecule has 18 heavy (non-hydrogen) atoms. The Morgan fingerprint density at radius 2 is 1.94 bits per heavy atom. The Morgan fingerprint density at radius 3 is 2.56 bits per heavy atom. The van der Waals surface area contributed by atoms with Crippen molar-refractivity contribution in [2.75, 3.05) is 27.1 Å². The lowest BCUT2D eigenvalue weighted by molar-refractivity contribution is -0.0913. The van der Waals surface area contributed by atoms with Gasteiger partial charge in [0.05, 0.1) is 19.3 Å². The van der Waals surface area contributed by atoms with Gasteiger partial charge >= 0.3 is 0 Å². The minimum Gasteiger partial charge on any atom is -0.382 e. The second kappa shape index (κ2) is 10.3. The van der Waals surface area contributed by atoms with Crippen LogP contribution in [0, 0.1) is 11.5 Å². The van der Waals surface area contributed by atoms with Gasteiger partial charge in [0.25, 0.3) is 0 Å². The Bertz CT molecular complexity index is 284. The molecule has 1 atom stereocenters. The zero-order valence-electron chi connectivity index (χ0n) is 12.3. The maximum Gasteiger partial charge on any atom is 0.147 e. The second-order valence-corrected chi connectivity index (χ2v) is 9.90. The fraction of sp³-hybridized carbons (Fsp3) is 0.714. The van der Waals surface area contributed by atoms with Crippen molar-refractivity contribution < 1.29 is 14.2 Å². The molecule has 0 aliphatic heterocycles. The maximum atomic E-state index is 5.47. The summed E-state index contributed by atoms with van der Waals surface area (Å²) in [6, 6.07) is 0. The van der Waals surface area contributed by atoms with Gasteiger partial charge in [-0.05, 0) is 19.4 Å². The molecule has 0 amide bonds. The number of hydrogen-bond donors (Lipinski definition) is 0. The highest BCUT2D eigenvalue weighted by atomic mass is 28.3. The van der Waals surface area contributed by atoms with Gasteiger partial charge in [0.1, 0.15) is 14.9 Å². The number of rotatable bonds is 8. The van der Waals surface area contributed by atoms with Crippen molar-refractivity contribution in [2.45, 2.75) is 39.1 Å². The van der Waals surface area contributed by atoms with Crippen LogP contribution < -0.4 is 0 Å². The highest BCUT2D eigenvalue weighted by molar-refractivity contribution is 6.83. The predicted octanol–water partition coefficient (Wildman–Crippen LogP) is 2.84. The van der Waals surface area contributed by atoms with Gasteiger partial charge in [-0.25, -0.2) is 0 Å². The maximum absolute atomic E-state index is 5.47. The van der Waals surface area contributed by atoms with E-state index in [-0.39, 0.29) is 6.10 Å². The molecule has 0 spiro atoms. The third-order valence-corrected chi connectivity index (χ3v) is 2.88. The molecule has 1 unspecified atom stereocenters. The summed E-state index contributed by atoms with van der Waals surface area (Å²) in [5, 5.41) is 0. The molecule has 0 bridgehead atoms. The molecule has 0 saturated heterocycles. The summed E-state index contributed by atoms with van der Waals surface area (Å²) >= 11 is 0. The smallest absolute Gasteiger partial charge is 0.147 e. The van der Waals surface area contributed by atoms with E-state index in [0.29, 0.717) is 20.0 Å². The quantitative estimate of drug-likeness (QED) is 0.294. The van der Waals surface area contributed by atoms with Gasteiger partial charge in [-0.2, -0.15) is 0 Å². The van der Waals surface area contributed by atoms with Gasteiger partial charge in [0, 0.05) is 7.11 Å². The molecule has 0 N–H and O–H groups in total. The van der Waals surface area contributed by atoms with Crippen molar-refractivity contribution in [1.82, 2.24) is 0 Å². The van der Waals surface area contributed by atoms with Crippen molar-refractivity contribution >= 4 is 8.07 Å². The van der Waals surface area contributed by atoms with E-state index in [1.165, 1.54) is 0 Å². The third kappa shape index (κ3) is 13.5.